The van der Waals surface area contributed by atoms with Gasteiger partial charge in [-0.3, -0.25) is 4.79 Å². The predicted molar refractivity (Wildman–Crippen MR) is 82.2 cm³/mol. The van der Waals surface area contributed by atoms with Crippen LogP contribution >= 0.6 is 0 Å². The molecular formula is C16H23N3O2. The van der Waals surface area contributed by atoms with Crippen LogP contribution in [-0.4, -0.2) is 34.9 Å². The molecule has 0 radical (unpaired) electrons. The Morgan fingerprint density at radius 2 is 2.05 bits per heavy atom. The number of nitrogens with two attached hydrogens (primary N) is 1. The summed E-state index contributed by atoms with van der Waals surface area (Å²) < 4.78 is 0. The van der Waals surface area contributed by atoms with Crippen molar-refractivity contribution in [3.8, 4) is 0 Å². The third kappa shape index (κ3) is 3.97. The van der Waals surface area contributed by atoms with E-state index in [0.29, 0.717) is 19.5 Å². The molecule has 5 nitrogen and oxygen atoms in total. The van der Waals surface area contributed by atoms with Crippen molar-refractivity contribution in [2.24, 2.45) is 16.8 Å². The third-order valence-corrected chi connectivity index (χ3v) is 4.25. The first-order valence-corrected chi connectivity index (χ1v) is 7.41. The molecular weight excluding hydrogens is 266 g/mol. The molecule has 1 aromatic carbocycles. The van der Waals surface area contributed by atoms with Gasteiger partial charge in [-0.15, -0.1) is 0 Å². The van der Waals surface area contributed by atoms with E-state index in [1.807, 2.05) is 17.0 Å². The summed E-state index contributed by atoms with van der Waals surface area (Å²) in [6, 6.07) is 8.17. The Morgan fingerprint density at radius 3 is 2.67 bits per heavy atom. The van der Waals surface area contributed by atoms with Gasteiger partial charge in [-0.25, -0.2) is 0 Å². The number of oxime groups is 1. The second-order valence-electron chi connectivity index (χ2n) is 5.61. The third-order valence-electron chi connectivity index (χ3n) is 4.25. The number of benzene rings is 1. The monoisotopic (exact) mass is 289 g/mol. The van der Waals surface area contributed by atoms with Crippen LogP contribution in [0.25, 0.3) is 0 Å². The van der Waals surface area contributed by atoms with Crippen molar-refractivity contribution in [1.29, 1.82) is 0 Å². The fourth-order valence-corrected chi connectivity index (χ4v) is 2.80. The van der Waals surface area contributed by atoms with Gasteiger partial charge in [0, 0.05) is 25.4 Å². The van der Waals surface area contributed by atoms with Crippen molar-refractivity contribution >= 4 is 11.7 Å². The number of carbonyl (C=O) groups is 1. The summed E-state index contributed by atoms with van der Waals surface area (Å²) in [4.78, 5) is 14.1. The zero-order chi connectivity index (χ0) is 15.2. The van der Waals surface area contributed by atoms with Gasteiger partial charge in [-0.2, -0.15) is 0 Å². The lowest BCUT2D eigenvalue weighted by molar-refractivity contribution is -0.132. The van der Waals surface area contributed by atoms with Crippen molar-refractivity contribution < 1.29 is 10.0 Å². The topological polar surface area (TPSA) is 78.9 Å². The quantitative estimate of drug-likeness (QED) is 0.384. The molecule has 1 amide bonds. The lowest BCUT2D eigenvalue weighted by Gasteiger charge is -2.31. The van der Waals surface area contributed by atoms with Crippen LogP contribution in [0.15, 0.2) is 29.4 Å². The molecule has 1 saturated heterocycles. The summed E-state index contributed by atoms with van der Waals surface area (Å²) in [5, 5.41) is 11.7. The molecule has 0 spiro atoms. The molecule has 0 aromatic heterocycles. The Morgan fingerprint density at radius 1 is 1.38 bits per heavy atom. The van der Waals surface area contributed by atoms with Crippen molar-refractivity contribution in [2.75, 3.05) is 13.1 Å². The van der Waals surface area contributed by atoms with E-state index < -0.39 is 0 Å². The van der Waals surface area contributed by atoms with E-state index in [1.54, 1.807) is 0 Å². The van der Waals surface area contributed by atoms with Crippen LogP contribution in [0.2, 0.25) is 0 Å². The second-order valence-corrected chi connectivity index (χ2v) is 5.61. The molecule has 5 heteroatoms. The van der Waals surface area contributed by atoms with Crippen LogP contribution in [0.3, 0.4) is 0 Å². The summed E-state index contributed by atoms with van der Waals surface area (Å²) in [7, 11) is 0. The molecule has 0 bridgehead atoms. The van der Waals surface area contributed by atoms with E-state index >= 15 is 0 Å². The fraction of sp³-hybridized carbons (Fsp3) is 0.500. The molecule has 1 heterocycles. The number of amidine groups is 1. The average molecular weight is 289 g/mol. The highest BCUT2D eigenvalue weighted by Gasteiger charge is 2.24. The van der Waals surface area contributed by atoms with Crippen LogP contribution < -0.4 is 5.73 Å². The Balaban J connectivity index is 1.82. The Hall–Kier alpha value is -2.04. The summed E-state index contributed by atoms with van der Waals surface area (Å²) in [5.74, 6) is 0.564. The number of carbonyl (C=O) groups excluding carboxylic acids is 1. The maximum absolute atomic E-state index is 12.2. The Kier molecular flexibility index (Phi) is 5.20. The van der Waals surface area contributed by atoms with Crippen LogP contribution in [0.5, 0.6) is 0 Å². The van der Waals surface area contributed by atoms with Gasteiger partial charge in [0.2, 0.25) is 5.91 Å². The van der Waals surface area contributed by atoms with Gasteiger partial charge in [-0.1, -0.05) is 29.4 Å². The average Bonchev–Trinajstić information content (AvgIpc) is 2.53. The van der Waals surface area contributed by atoms with Crippen LogP contribution in [0, 0.1) is 12.8 Å². The molecule has 0 aliphatic carbocycles. The number of aryl methyl sites for hydroxylation is 2. The zero-order valence-electron chi connectivity index (χ0n) is 12.5. The second kappa shape index (κ2) is 7.11. The van der Waals surface area contributed by atoms with Crippen molar-refractivity contribution in [3.63, 3.8) is 0 Å². The fourth-order valence-electron chi connectivity index (χ4n) is 2.80. The molecule has 0 saturated carbocycles. The number of amides is 1. The maximum atomic E-state index is 12.2. The molecule has 1 fully saturated rings. The minimum Gasteiger partial charge on any atom is -0.409 e. The summed E-state index contributed by atoms with van der Waals surface area (Å²) in [6.07, 6.45) is 2.86. The van der Waals surface area contributed by atoms with Crippen molar-refractivity contribution in [1.82, 2.24) is 4.90 Å². The molecule has 0 unspecified atom stereocenters. The molecule has 1 aliphatic heterocycles. The van der Waals surface area contributed by atoms with Crippen LogP contribution in [0.4, 0.5) is 0 Å². The Labute approximate surface area is 125 Å². The van der Waals surface area contributed by atoms with Crippen molar-refractivity contribution in [3.05, 3.63) is 35.4 Å². The van der Waals surface area contributed by atoms with E-state index in [1.165, 1.54) is 11.1 Å². The van der Waals surface area contributed by atoms with E-state index in [-0.39, 0.29) is 17.7 Å². The van der Waals surface area contributed by atoms with E-state index in [4.69, 9.17) is 10.9 Å². The molecule has 3 N–H and O–H groups in total. The molecule has 21 heavy (non-hydrogen) atoms. The van der Waals surface area contributed by atoms with Gasteiger partial charge < -0.3 is 15.8 Å². The van der Waals surface area contributed by atoms with Gasteiger partial charge in [0.1, 0.15) is 5.84 Å². The normalized spacial score (nSPS) is 17.0. The maximum Gasteiger partial charge on any atom is 0.222 e. The predicted octanol–water partition coefficient (Wildman–Crippen LogP) is 1.91. The van der Waals surface area contributed by atoms with Crippen LogP contribution in [-0.2, 0) is 11.2 Å². The highest BCUT2D eigenvalue weighted by Crippen LogP contribution is 2.19. The smallest absolute Gasteiger partial charge is 0.222 e. The molecule has 1 aliphatic rings. The summed E-state index contributed by atoms with van der Waals surface area (Å²) in [5.41, 5.74) is 8.08. The van der Waals surface area contributed by atoms with Crippen molar-refractivity contribution in [2.45, 2.75) is 32.6 Å². The SMILES string of the molecule is Cc1ccccc1CCC(=O)N1CCC(C(N)=NO)CC1. The minimum atomic E-state index is 0.0930. The van der Waals surface area contributed by atoms with E-state index in [0.717, 1.165) is 19.3 Å². The Bertz CT molecular complexity index is 520. The van der Waals surface area contributed by atoms with Crippen LogP contribution in [0.1, 0.15) is 30.4 Å². The van der Waals surface area contributed by atoms with Gasteiger partial charge in [0.15, 0.2) is 0 Å². The van der Waals surface area contributed by atoms with Gasteiger partial charge in [-0.05, 0) is 37.3 Å². The van der Waals surface area contributed by atoms with Gasteiger partial charge in [0.25, 0.3) is 0 Å². The molecule has 114 valence electrons. The van der Waals surface area contributed by atoms with Gasteiger partial charge >= 0.3 is 0 Å². The number of likely N-dealkylation sites (tertiary alicyclic amines) is 1. The number of rotatable bonds is 4. The number of nitrogens with zero attached hydrogens (tertiary/aromatic N) is 2. The zero-order valence-corrected chi connectivity index (χ0v) is 12.5. The molecule has 1 aromatic rings. The largest absolute Gasteiger partial charge is 0.409 e. The lowest BCUT2D eigenvalue weighted by atomic mass is 9.95. The number of hydrogen-bond donors (Lipinski definition) is 2. The highest BCUT2D eigenvalue weighted by molar-refractivity contribution is 5.83. The van der Waals surface area contributed by atoms with E-state index in [9.17, 15) is 4.79 Å². The summed E-state index contributed by atoms with van der Waals surface area (Å²) >= 11 is 0. The number of hydrogen-bond acceptors (Lipinski definition) is 3. The standard InChI is InChI=1S/C16H23N3O2/c1-12-4-2-3-5-13(12)6-7-15(20)19-10-8-14(9-11-19)16(17)18-21/h2-5,14,21H,6-11H2,1H3,(H2,17,18). The number of piperidine rings is 1. The molecule has 0 atom stereocenters. The minimum absolute atomic E-state index is 0.0930. The van der Waals surface area contributed by atoms with E-state index in [2.05, 4.69) is 24.2 Å². The summed E-state index contributed by atoms with van der Waals surface area (Å²) in [6.45, 7) is 3.45. The highest BCUT2D eigenvalue weighted by atomic mass is 16.4. The van der Waals surface area contributed by atoms with Gasteiger partial charge in [0.05, 0.1) is 0 Å². The lowest BCUT2D eigenvalue weighted by Crippen LogP contribution is -2.41. The first kappa shape index (κ1) is 15.4. The molecule has 2 rings (SSSR count). The first-order chi connectivity index (χ1) is 10.1. The first-order valence-electron chi connectivity index (χ1n) is 7.41.